The minimum absolute atomic E-state index is 0.171. The number of nitrogen functional groups attached to an aromatic ring is 1. The number of hydrogen-bond donors (Lipinski definition) is 2. The topological polar surface area (TPSA) is 82.8 Å². The van der Waals surface area contributed by atoms with E-state index < -0.39 is 7.75 Å². The first-order valence-electron chi connectivity index (χ1n) is 8.44. The molecule has 0 bridgehead atoms. The Balaban J connectivity index is 0.000000314. The van der Waals surface area contributed by atoms with Gasteiger partial charge in [0.05, 0.1) is 19.3 Å². The molecule has 0 aliphatic rings. The van der Waals surface area contributed by atoms with Gasteiger partial charge in [-0.2, -0.15) is 0 Å². The number of ether oxygens (including phenoxy) is 1. The summed E-state index contributed by atoms with van der Waals surface area (Å²) in [6.07, 6.45) is -0.341. The van der Waals surface area contributed by atoms with E-state index in [-0.39, 0.29) is 12.2 Å². The largest absolute Gasteiger partial charge is 0.497 e. The zero-order chi connectivity index (χ0) is 19.6. The van der Waals surface area contributed by atoms with Crippen LogP contribution >= 0.6 is 7.75 Å². The first-order valence-corrected chi connectivity index (χ1v) is 9.98. The van der Waals surface area contributed by atoms with E-state index in [0.29, 0.717) is 0 Å². The Morgan fingerprint density at radius 1 is 0.885 bits per heavy atom. The maximum Gasteiger partial charge on any atom is 0.433 e. The van der Waals surface area contributed by atoms with Crippen molar-refractivity contribution in [1.29, 1.82) is 0 Å². The van der Waals surface area contributed by atoms with Crippen LogP contribution in [0.5, 0.6) is 5.75 Å². The molecular weight excluding hydrogens is 351 g/mol. The third-order valence-corrected chi connectivity index (χ3v) is 4.79. The van der Waals surface area contributed by atoms with Gasteiger partial charge in [0.2, 0.25) is 0 Å². The maximum absolute atomic E-state index is 12.4. The molecule has 2 aromatic carbocycles. The Hall–Kier alpha value is -2.01. The summed E-state index contributed by atoms with van der Waals surface area (Å²) in [6, 6.07) is 16.5. The fourth-order valence-electron chi connectivity index (χ4n) is 1.91. The van der Waals surface area contributed by atoms with Crippen LogP contribution in [0.1, 0.15) is 27.7 Å². The summed E-state index contributed by atoms with van der Waals surface area (Å²) in [5.74, 6) is 0.837. The number of para-hydroxylation sites is 1. The van der Waals surface area contributed by atoms with Crippen molar-refractivity contribution in [2.75, 3.05) is 17.9 Å². The van der Waals surface area contributed by atoms with E-state index in [1.54, 1.807) is 19.2 Å². The average molecular weight is 380 g/mol. The predicted octanol–water partition coefficient (Wildman–Crippen LogP) is 5.33. The number of hydrogen-bond acceptors (Lipinski definition) is 5. The predicted molar refractivity (Wildman–Crippen MR) is 108 cm³/mol. The van der Waals surface area contributed by atoms with Crippen molar-refractivity contribution in [3.8, 4) is 5.75 Å². The molecule has 26 heavy (non-hydrogen) atoms. The van der Waals surface area contributed by atoms with E-state index in [1.807, 2.05) is 70.2 Å². The molecule has 0 saturated heterocycles. The molecule has 0 aromatic heterocycles. The van der Waals surface area contributed by atoms with Crippen molar-refractivity contribution in [2.45, 2.75) is 39.9 Å². The van der Waals surface area contributed by atoms with Crippen molar-refractivity contribution in [3.63, 3.8) is 0 Å². The van der Waals surface area contributed by atoms with Crippen molar-refractivity contribution < 1.29 is 18.3 Å². The number of methoxy groups -OCH3 is 1. The molecule has 0 saturated carbocycles. The molecule has 3 N–H and O–H groups in total. The summed E-state index contributed by atoms with van der Waals surface area (Å²) in [7, 11) is -1.67. The van der Waals surface area contributed by atoms with Crippen LogP contribution in [-0.2, 0) is 13.6 Å². The summed E-state index contributed by atoms with van der Waals surface area (Å²) in [4.78, 5) is 0. The summed E-state index contributed by atoms with van der Waals surface area (Å²) < 4.78 is 28.1. The van der Waals surface area contributed by atoms with Gasteiger partial charge < -0.3 is 10.5 Å². The van der Waals surface area contributed by atoms with Crippen LogP contribution in [-0.4, -0.2) is 19.3 Å². The second-order valence-corrected chi connectivity index (χ2v) is 7.70. The smallest absolute Gasteiger partial charge is 0.433 e. The Morgan fingerprint density at radius 3 is 1.81 bits per heavy atom. The fraction of sp³-hybridized carbons (Fsp3) is 0.368. The van der Waals surface area contributed by atoms with Gasteiger partial charge in [-0.1, -0.05) is 18.2 Å². The number of benzene rings is 2. The zero-order valence-corrected chi connectivity index (χ0v) is 16.9. The van der Waals surface area contributed by atoms with Gasteiger partial charge in [0.15, 0.2) is 0 Å². The van der Waals surface area contributed by atoms with Crippen molar-refractivity contribution in [1.82, 2.24) is 0 Å². The zero-order valence-electron chi connectivity index (χ0n) is 16.0. The van der Waals surface area contributed by atoms with E-state index in [2.05, 4.69) is 5.09 Å². The molecule has 2 rings (SSSR count). The van der Waals surface area contributed by atoms with Crippen LogP contribution in [0.3, 0.4) is 0 Å². The lowest BCUT2D eigenvalue weighted by atomic mass is 10.3. The highest BCUT2D eigenvalue weighted by atomic mass is 31.2. The van der Waals surface area contributed by atoms with E-state index in [4.69, 9.17) is 19.5 Å². The normalized spacial score (nSPS) is 11.0. The molecule has 0 atom stereocenters. The van der Waals surface area contributed by atoms with Crippen molar-refractivity contribution in [3.05, 3.63) is 54.6 Å². The molecule has 6 nitrogen and oxygen atoms in total. The number of nitrogens with one attached hydrogen (secondary N) is 1. The van der Waals surface area contributed by atoms with Crippen LogP contribution in [0.2, 0.25) is 0 Å². The van der Waals surface area contributed by atoms with Gasteiger partial charge in [-0.25, -0.2) is 4.57 Å². The van der Waals surface area contributed by atoms with Crippen LogP contribution in [0.25, 0.3) is 0 Å². The third-order valence-electron chi connectivity index (χ3n) is 2.85. The average Bonchev–Trinajstić information content (AvgIpc) is 2.55. The standard InChI is InChI=1S/C12H20NO3P.C7H9NO/c1-10(2)15-17(14,16-11(3)4)13-12-8-6-5-7-9-12;1-9-7-4-2-6(8)3-5-7/h5-11H,1-4H3,(H,13,14);2-5H,8H2,1H3. The molecule has 0 spiro atoms. The first-order chi connectivity index (χ1) is 12.2. The Bertz CT molecular complexity index is 662. The monoisotopic (exact) mass is 380 g/mol. The van der Waals surface area contributed by atoms with Gasteiger partial charge in [0.1, 0.15) is 5.75 Å². The molecule has 0 radical (unpaired) electrons. The molecule has 2 aromatic rings. The highest BCUT2D eigenvalue weighted by Crippen LogP contribution is 2.49. The summed E-state index contributed by atoms with van der Waals surface area (Å²) in [5.41, 5.74) is 6.91. The summed E-state index contributed by atoms with van der Waals surface area (Å²) in [6.45, 7) is 7.29. The second-order valence-electron chi connectivity index (χ2n) is 6.06. The lowest BCUT2D eigenvalue weighted by molar-refractivity contribution is 0.146. The molecule has 0 aliphatic heterocycles. The minimum Gasteiger partial charge on any atom is -0.497 e. The Labute approximate surface area is 156 Å². The molecule has 0 fully saturated rings. The van der Waals surface area contributed by atoms with Crippen LogP contribution in [0, 0.1) is 0 Å². The van der Waals surface area contributed by atoms with Gasteiger partial charge in [-0.15, -0.1) is 0 Å². The minimum atomic E-state index is -3.30. The van der Waals surface area contributed by atoms with Crippen LogP contribution in [0.4, 0.5) is 11.4 Å². The first kappa shape index (κ1) is 22.0. The van der Waals surface area contributed by atoms with Crippen molar-refractivity contribution in [2.24, 2.45) is 0 Å². The van der Waals surface area contributed by atoms with E-state index in [1.165, 1.54) is 0 Å². The Morgan fingerprint density at radius 2 is 1.38 bits per heavy atom. The van der Waals surface area contributed by atoms with E-state index in [9.17, 15) is 4.57 Å². The fourth-order valence-corrected chi connectivity index (χ4v) is 3.64. The van der Waals surface area contributed by atoms with Gasteiger partial charge in [0, 0.05) is 11.4 Å². The molecule has 144 valence electrons. The summed E-state index contributed by atoms with van der Waals surface area (Å²) >= 11 is 0. The van der Waals surface area contributed by atoms with Gasteiger partial charge in [-0.05, 0) is 64.1 Å². The lowest BCUT2D eigenvalue weighted by Crippen LogP contribution is -2.13. The van der Waals surface area contributed by atoms with E-state index in [0.717, 1.165) is 17.1 Å². The number of rotatable bonds is 7. The highest BCUT2D eigenvalue weighted by molar-refractivity contribution is 7.55. The molecule has 0 aliphatic carbocycles. The quantitative estimate of drug-likeness (QED) is 0.499. The Kier molecular flexibility index (Phi) is 9.21. The second kappa shape index (κ2) is 10.9. The van der Waals surface area contributed by atoms with Crippen LogP contribution in [0.15, 0.2) is 54.6 Å². The molecule has 0 unspecified atom stereocenters. The van der Waals surface area contributed by atoms with E-state index >= 15 is 0 Å². The molecular formula is C19H29N2O4P. The summed E-state index contributed by atoms with van der Waals surface area (Å²) in [5, 5.41) is 2.83. The molecule has 0 heterocycles. The van der Waals surface area contributed by atoms with Gasteiger partial charge >= 0.3 is 7.75 Å². The number of nitrogens with two attached hydrogens (primary N) is 1. The SMILES string of the molecule is CC(C)OP(=O)(Nc1ccccc1)OC(C)C.COc1ccc(N)cc1. The van der Waals surface area contributed by atoms with Gasteiger partial charge in [0.25, 0.3) is 0 Å². The van der Waals surface area contributed by atoms with Gasteiger partial charge in [-0.3, -0.25) is 14.1 Å². The molecule has 0 amide bonds. The highest BCUT2D eigenvalue weighted by Gasteiger charge is 2.27. The maximum atomic E-state index is 12.4. The lowest BCUT2D eigenvalue weighted by Gasteiger charge is -2.23. The molecule has 7 heteroatoms. The van der Waals surface area contributed by atoms with Crippen molar-refractivity contribution >= 4 is 19.1 Å². The third kappa shape index (κ3) is 8.90. The number of anilines is 2. The van der Waals surface area contributed by atoms with Crippen LogP contribution < -0.4 is 15.6 Å².